The van der Waals surface area contributed by atoms with Gasteiger partial charge in [-0.05, 0) is 103 Å². The maximum absolute atomic E-state index is 12.7. The monoisotopic (exact) mass is 952 g/mol. The molecule has 0 aromatic heterocycles. The van der Waals surface area contributed by atoms with Gasteiger partial charge in [0.2, 0.25) is 0 Å². The number of phosphoric ester groups is 1. The maximum Gasteiger partial charge on any atom is 0.472 e. The highest BCUT2D eigenvalue weighted by Crippen LogP contribution is 2.43. The van der Waals surface area contributed by atoms with Crippen molar-refractivity contribution in [3.8, 4) is 0 Å². The van der Waals surface area contributed by atoms with Crippen LogP contribution in [0.1, 0.15) is 168 Å². The third-order valence-electron chi connectivity index (χ3n) is 9.93. The Morgan fingerprint density at radius 2 is 0.821 bits per heavy atom. The van der Waals surface area contributed by atoms with Crippen LogP contribution in [0.15, 0.2) is 134 Å². The van der Waals surface area contributed by atoms with E-state index in [0.717, 1.165) is 96.3 Å². The van der Waals surface area contributed by atoms with Crippen LogP contribution in [0.25, 0.3) is 0 Å². The predicted octanol–water partition coefficient (Wildman–Crippen LogP) is 15.0. The number of carboxylic acid groups (broad SMARTS) is 1. The summed E-state index contributed by atoms with van der Waals surface area (Å²) in [5, 5.41) is 8.93. The summed E-state index contributed by atoms with van der Waals surface area (Å²) in [4.78, 5) is 33.7. The van der Waals surface area contributed by atoms with E-state index in [4.69, 9.17) is 29.4 Å². The number of aliphatic carboxylic acids is 1. The third-order valence-corrected chi connectivity index (χ3v) is 10.9. The summed E-state index contributed by atoms with van der Waals surface area (Å²) in [5.74, 6) is -1.85. The number of nitrogens with two attached hydrogens (primary N) is 1. The third kappa shape index (κ3) is 49.8. The van der Waals surface area contributed by atoms with E-state index in [0.29, 0.717) is 19.4 Å². The molecule has 3 atom stereocenters. The largest absolute Gasteiger partial charge is 0.480 e. The lowest BCUT2D eigenvalue weighted by Crippen LogP contribution is -2.34. The summed E-state index contributed by atoms with van der Waals surface area (Å²) < 4.78 is 33.4. The number of carboxylic acids is 1. The fraction of sp³-hybridized carbons (Fsp3) is 0.571. The van der Waals surface area contributed by atoms with Gasteiger partial charge in [-0.25, -0.2) is 4.57 Å². The normalized spacial score (nSPS) is 14.8. The highest BCUT2D eigenvalue weighted by Gasteiger charge is 2.27. The SMILES string of the molecule is CC/C=C\C/C=C\C/C=C\C/C=C\C/C=C\C/C=C\C/C=C\CCCC(=O)OC(COCCCCCCCCCCC/C=C\C/C=C\C/C=C\C/C=C\CC)COP(=O)(O)OCC(N)C(=O)O. The molecular formula is C56H90NO9P. The molecule has 0 aromatic carbocycles. The molecule has 0 saturated carbocycles. The van der Waals surface area contributed by atoms with E-state index in [1.807, 2.05) is 6.08 Å². The molecule has 378 valence electrons. The van der Waals surface area contributed by atoms with Crippen LogP contribution in [0.4, 0.5) is 0 Å². The van der Waals surface area contributed by atoms with Crippen molar-refractivity contribution >= 4 is 19.8 Å². The molecule has 4 N–H and O–H groups in total. The maximum atomic E-state index is 12.7. The van der Waals surface area contributed by atoms with Gasteiger partial charge in [0.05, 0.1) is 19.8 Å². The van der Waals surface area contributed by atoms with Crippen molar-refractivity contribution in [2.24, 2.45) is 5.73 Å². The minimum atomic E-state index is -4.65. The summed E-state index contributed by atoms with van der Waals surface area (Å²) in [6.45, 7) is 3.55. The van der Waals surface area contributed by atoms with Crippen LogP contribution in [0, 0.1) is 0 Å². The Morgan fingerprint density at radius 1 is 0.478 bits per heavy atom. The zero-order chi connectivity index (χ0) is 49.0. The second-order valence-electron chi connectivity index (χ2n) is 16.2. The van der Waals surface area contributed by atoms with Crippen molar-refractivity contribution in [3.63, 3.8) is 0 Å². The van der Waals surface area contributed by atoms with Crippen molar-refractivity contribution < 1.29 is 42.7 Å². The van der Waals surface area contributed by atoms with E-state index in [2.05, 4.69) is 141 Å². The molecule has 0 aliphatic carbocycles. The van der Waals surface area contributed by atoms with Crippen LogP contribution >= 0.6 is 7.82 Å². The van der Waals surface area contributed by atoms with Gasteiger partial charge in [0.15, 0.2) is 0 Å². The minimum Gasteiger partial charge on any atom is -0.480 e. The Hall–Kier alpha value is -3.89. The topological polar surface area (TPSA) is 155 Å². The predicted molar refractivity (Wildman–Crippen MR) is 281 cm³/mol. The molecule has 0 spiro atoms. The number of esters is 1. The highest BCUT2D eigenvalue weighted by molar-refractivity contribution is 7.47. The number of ether oxygens (including phenoxy) is 2. The molecule has 0 rings (SSSR count). The average molecular weight is 952 g/mol. The Bertz CT molecular complexity index is 1570. The number of unbranched alkanes of at least 4 members (excludes halogenated alkanes) is 10. The van der Waals surface area contributed by atoms with Gasteiger partial charge >= 0.3 is 19.8 Å². The van der Waals surface area contributed by atoms with E-state index in [1.54, 1.807) is 0 Å². The van der Waals surface area contributed by atoms with Crippen LogP contribution in [0.5, 0.6) is 0 Å². The summed E-state index contributed by atoms with van der Waals surface area (Å²) in [6, 6.07) is -1.49. The van der Waals surface area contributed by atoms with Gasteiger partial charge in [-0.1, -0.05) is 192 Å². The van der Waals surface area contributed by atoms with Crippen LogP contribution < -0.4 is 5.73 Å². The molecule has 0 bridgehead atoms. The quantitative estimate of drug-likeness (QED) is 0.0232. The Kier molecular flexibility index (Phi) is 47.1. The van der Waals surface area contributed by atoms with Gasteiger partial charge < -0.3 is 25.2 Å². The number of allylic oxidation sites excluding steroid dienone is 22. The number of hydrogen-bond donors (Lipinski definition) is 3. The lowest BCUT2D eigenvalue weighted by Gasteiger charge is -2.20. The zero-order valence-electron chi connectivity index (χ0n) is 41.4. The first-order valence-electron chi connectivity index (χ1n) is 25.2. The van der Waals surface area contributed by atoms with Gasteiger partial charge in [0.25, 0.3) is 0 Å². The summed E-state index contributed by atoms with van der Waals surface area (Å²) in [7, 11) is -4.65. The first-order valence-corrected chi connectivity index (χ1v) is 26.7. The van der Waals surface area contributed by atoms with Gasteiger partial charge in [0.1, 0.15) is 12.1 Å². The van der Waals surface area contributed by atoms with Crippen LogP contribution in [-0.4, -0.2) is 60.5 Å². The van der Waals surface area contributed by atoms with E-state index >= 15 is 0 Å². The summed E-state index contributed by atoms with van der Waals surface area (Å²) >= 11 is 0. The molecule has 0 aliphatic rings. The number of carbonyl (C=O) groups excluding carboxylic acids is 1. The van der Waals surface area contributed by atoms with Gasteiger partial charge in [-0.3, -0.25) is 18.6 Å². The standard InChI is InChI=1S/C56H90NO9P/c1-3-5-7-9-11-13-15-17-19-21-23-25-27-28-30-32-34-36-38-40-42-44-46-48-55(58)66-53(51-64-67(61,62)65-52-54(57)56(59)60)50-63-49-47-45-43-41-39-37-35-33-31-29-26-24-22-20-18-16-14-12-10-8-6-4-2/h5-8,11-14,17-20,23-26,28,30,34,36,40,42,53-54H,3-4,9-10,15-16,21-22,27,29,31-33,35,37-39,41,43-52,57H2,1-2H3,(H,59,60)(H,61,62)/b7-5-,8-6-,13-11-,14-12-,19-17-,20-18-,25-23-,26-24-,30-28-,36-34-,42-40-. The van der Waals surface area contributed by atoms with Crippen LogP contribution in [-0.2, 0) is 32.7 Å². The molecule has 0 saturated heterocycles. The summed E-state index contributed by atoms with van der Waals surface area (Å²) in [6.07, 6.45) is 70.8. The van der Waals surface area contributed by atoms with Crippen molar-refractivity contribution in [3.05, 3.63) is 134 Å². The Balaban J connectivity index is 4.31. The van der Waals surface area contributed by atoms with Gasteiger partial charge in [-0.2, -0.15) is 0 Å². The van der Waals surface area contributed by atoms with Crippen LogP contribution in [0.2, 0.25) is 0 Å². The van der Waals surface area contributed by atoms with Gasteiger partial charge in [0, 0.05) is 13.0 Å². The number of hydrogen-bond acceptors (Lipinski definition) is 8. The molecule has 10 nitrogen and oxygen atoms in total. The summed E-state index contributed by atoms with van der Waals surface area (Å²) in [5.41, 5.74) is 5.37. The molecule has 0 fully saturated rings. The first-order chi connectivity index (χ1) is 32.7. The Morgan fingerprint density at radius 3 is 1.22 bits per heavy atom. The van der Waals surface area contributed by atoms with E-state index in [-0.39, 0.29) is 13.0 Å². The molecule has 3 unspecified atom stereocenters. The smallest absolute Gasteiger partial charge is 0.472 e. The van der Waals surface area contributed by atoms with E-state index < -0.39 is 45.1 Å². The lowest BCUT2D eigenvalue weighted by atomic mass is 10.1. The molecule has 0 amide bonds. The van der Waals surface area contributed by atoms with Crippen molar-refractivity contribution in [2.75, 3.05) is 26.4 Å². The van der Waals surface area contributed by atoms with Crippen LogP contribution in [0.3, 0.4) is 0 Å². The molecule has 67 heavy (non-hydrogen) atoms. The molecule has 0 radical (unpaired) electrons. The first kappa shape index (κ1) is 63.1. The highest BCUT2D eigenvalue weighted by atomic mass is 31.2. The van der Waals surface area contributed by atoms with Crippen molar-refractivity contribution in [2.45, 2.75) is 180 Å². The van der Waals surface area contributed by atoms with E-state index in [1.165, 1.54) is 38.5 Å². The average Bonchev–Trinajstić information content (AvgIpc) is 3.31. The molecule has 11 heteroatoms. The molecule has 0 aliphatic heterocycles. The number of rotatable bonds is 46. The minimum absolute atomic E-state index is 0.0207. The zero-order valence-corrected chi connectivity index (χ0v) is 42.3. The van der Waals surface area contributed by atoms with Gasteiger partial charge in [-0.15, -0.1) is 0 Å². The molecule has 0 heterocycles. The fourth-order valence-electron chi connectivity index (χ4n) is 6.11. The second-order valence-corrected chi connectivity index (χ2v) is 17.6. The molecule has 0 aromatic rings. The second kappa shape index (κ2) is 50.0. The van der Waals surface area contributed by atoms with E-state index in [9.17, 15) is 19.0 Å². The Labute approximate surface area is 406 Å². The molecular weight excluding hydrogens is 862 g/mol. The lowest BCUT2D eigenvalue weighted by molar-refractivity contribution is -0.154. The van der Waals surface area contributed by atoms with Crippen molar-refractivity contribution in [1.29, 1.82) is 0 Å². The number of phosphoric acid groups is 1. The number of carbonyl (C=O) groups is 2. The van der Waals surface area contributed by atoms with Crippen molar-refractivity contribution in [1.82, 2.24) is 0 Å². The fourth-order valence-corrected chi connectivity index (χ4v) is 6.89.